The molecule has 0 saturated heterocycles. The van der Waals surface area contributed by atoms with Crippen LogP contribution in [-0.4, -0.2) is 21.5 Å². The highest BCUT2D eigenvalue weighted by atomic mass is 15.5. The van der Waals surface area contributed by atoms with Crippen LogP contribution in [0.1, 0.15) is 49.0 Å². The fourth-order valence-electron chi connectivity index (χ4n) is 2.41. The molecule has 0 aromatic carbocycles. The Bertz CT molecular complexity index is 340. The van der Waals surface area contributed by atoms with E-state index in [2.05, 4.69) is 15.0 Å². The summed E-state index contributed by atoms with van der Waals surface area (Å²) < 4.78 is 2.14. The lowest BCUT2D eigenvalue weighted by Gasteiger charge is -2.21. The molecule has 2 N–H and O–H groups in total. The summed E-state index contributed by atoms with van der Waals surface area (Å²) in [5.41, 5.74) is 8.35. The van der Waals surface area contributed by atoms with Crippen molar-refractivity contribution in [3.63, 3.8) is 0 Å². The van der Waals surface area contributed by atoms with Gasteiger partial charge in [0.2, 0.25) is 0 Å². The highest BCUT2D eigenvalue weighted by Crippen LogP contribution is 2.39. The van der Waals surface area contributed by atoms with Crippen LogP contribution in [0, 0.1) is 0 Å². The summed E-state index contributed by atoms with van der Waals surface area (Å²) in [6, 6.07) is 0.637. The molecule has 1 saturated carbocycles. The number of fused-ring (bicyclic) bond motifs is 1. The van der Waals surface area contributed by atoms with Gasteiger partial charge in [-0.1, -0.05) is 5.21 Å². The molecular weight excluding hydrogens is 176 g/mol. The first-order valence-corrected chi connectivity index (χ1v) is 5.54. The molecule has 3 rings (SSSR count). The van der Waals surface area contributed by atoms with Gasteiger partial charge in [0.1, 0.15) is 0 Å². The van der Waals surface area contributed by atoms with Gasteiger partial charge < -0.3 is 5.73 Å². The second-order valence-corrected chi connectivity index (χ2v) is 4.42. The zero-order valence-electron chi connectivity index (χ0n) is 8.32. The Hall–Kier alpha value is -0.900. The first kappa shape index (κ1) is 8.41. The molecule has 1 unspecified atom stereocenters. The van der Waals surface area contributed by atoms with Crippen molar-refractivity contribution in [2.75, 3.05) is 6.54 Å². The maximum atomic E-state index is 5.80. The van der Waals surface area contributed by atoms with Crippen molar-refractivity contribution < 1.29 is 0 Å². The molecule has 1 heterocycles. The Morgan fingerprint density at radius 1 is 1.36 bits per heavy atom. The molecule has 0 amide bonds. The second-order valence-electron chi connectivity index (χ2n) is 4.42. The van der Waals surface area contributed by atoms with E-state index in [1.165, 1.54) is 37.1 Å². The summed E-state index contributed by atoms with van der Waals surface area (Å²) in [5.74, 6) is 0.509. The van der Waals surface area contributed by atoms with Gasteiger partial charge in [0, 0.05) is 12.5 Å². The fourth-order valence-corrected chi connectivity index (χ4v) is 2.41. The van der Waals surface area contributed by atoms with Gasteiger partial charge in [0.25, 0.3) is 0 Å². The standard InChI is InChI=1S/C10H16N4/c11-6-7-2-1-3-9-10(7)14(13-12-9)8-4-5-8/h7-8H,1-6,11H2. The molecular formula is C10H16N4. The highest BCUT2D eigenvalue weighted by molar-refractivity contribution is 5.20. The van der Waals surface area contributed by atoms with Gasteiger partial charge in [-0.15, -0.1) is 5.10 Å². The quantitative estimate of drug-likeness (QED) is 0.760. The average molecular weight is 192 g/mol. The monoisotopic (exact) mass is 192 g/mol. The molecule has 2 aliphatic rings. The Labute approximate surface area is 83.5 Å². The van der Waals surface area contributed by atoms with E-state index in [0.717, 1.165) is 13.0 Å². The molecule has 1 aromatic rings. The van der Waals surface area contributed by atoms with Crippen molar-refractivity contribution in [1.29, 1.82) is 0 Å². The summed E-state index contributed by atoms with van der Waals surface area (Å²) in [6.45, 7) is 0.743. The summed E-state index contributed by atoms with van der Waals surface area (Å²) in [7, 11) is 0. The summed E-state index contributed by atoms with van der Waals surface area (Å²) >= 11 is 0. The molecule has 1 aromatic heterocycles. The van der Waals surface area contributed by atoms with Crippen molar-refractivity contribution in [2.45, 2.75) is 44.1 Å². The molecule has 4 heteroatoms. The maximum Gasteiger partial charge on any atom is 0.0862 e. The number of nitrogens with two attached hydrogens (primary N) is 1. The Morgan fingerprint density at radius 3 is 2.93 bits per heavy atom. The third kappa shape index (κ3) is 1.17. The van der Waals surface area contributed by atoms with E-state index in [-0.39, 0.29) is 0 Å². The number of nitrogens with zero attached hydrogens (tertiary/aromatic N) is 3. The Morgan fingerprint density at radius 2 is 2.21 bits per heavy atom. The van der Waals surface area contributed by atoms with Gasteiger partial charge in [0.15, 0.2) is 0 Å². The maximum absolute atomic E-state index is 5.80. The summed E-state index contributed by atoms with van der Waals surface area (Å²) in [6.07, 6.45) is 6.07. The summed E-state index contributed by atoms with van der Waals surface area (Å²) in [5, 5.41) is 8.54. The van der Waals surface area contributed by atoms with Crippen LogP contribution < -0.4 is 5.73 Å². The van der Waals surface area contributed by atoms with Crippen molar-refractivity contribution in [1.82, 2.24) is 15.0 Å². The lowest BCUT2D eigenvalue weighted by molar-refractivity contribution is 0.495. The van der Waals surface area contributed by atoms with E-state index in [1.807, 2.05) is 0 Å². The van der Waals surface area contributed by atoms with Crippen LogP contribution in [0.25, 0.3) is 0 Å². The van der Waals surface area contributed by atoms with Gasteiger partial charge in [-0.25, -0.2) is 4.68 Å². The van der Waals surface area contributed by atoms with E-state index >= 15 is 0 Å². The Balaban J connectivity index is 2.02. The summed E-state index contributed by atoms with van der Waals surface area (Å²) in [4.78, 5) is 0. The highest BCUT2D eigenvalue weighted by Gasteiger charge is 2.32. The van der Waals surface area contributed by atoms with E-state index < -0.39 is 0 Å². The van der Waals surface area contributed by atoms with Crippen LogP contribution in [-0.2, 0) is 6.42 Å². The number of aryl methyl sites for hydroxylation is 1. The minimum Gasteiger partial charge on any atom is -0.330 e. The molecule has 0 spiro atoms. The molecule has 14 heavy (non-hydrogen) atoms. The number of rotatable bonds is 2. The lowest BCUT2D eigenvalue weighted by atomic mass is 9.90. The topological polar surface area (TPSA) is 56.7 Å². The van der Waals surface area contributed by atoms with Gasteiger partial charge in [-0.3, -0.25) is 0 Å². The molecule has 4 nitrogen and oxygen atoms in total. The molecule has 2 aliphatic carbocycles. The minimum atomic E-state index is 0.509. The van der Waals surface area contributed by atoms with Gasteiger partial charge >= 0.3 is 0 Å². The fraction of sp³-hybridized carbons (Fsp3) is 0.800. The minimum absolute atomic E-state index is 0.509. The predicted molar refractivity (Wildman–Crippen MR) is 53.0 cm³/mol. The normalized spacial score (nSPS) is 26.2. The largest absolute Gasteiger partial charge is 0.330 e. The van der Waals surface area contributed by atoms with Crippen molar-refractivity contribution in [3.05, 3.63) is 11.4 Å². The van der Waals surface area contributed by atoms with Crippen LogP contribution in [0.4, 0.5) is 0 Å². The molecule has 0 aliphatic heterocycles. The van der Waals surface area contributed by atoms with Crippen LogP contribution in [0.15, 0.2) is 0 Å². The number of aromatic nitrogens is 3. The smallest absolute Gasteiger partial charge is 0.0862 e. The van der Waals surface area contributed by atoms with Crippen molar-refractivity contribution in [2.24, 2.45) is 5.73 Å². The van der Waals surface area contributed by atoms with Crippen LogP contribution in [0.3, 0.4) is 0 Å². The molecule has 1 fully saturated rings. The van der Waals surface area contributed by atoms with Gasteiger partial charge in [-0.05, 0) is 32.1 Å². The van der Waals surface area contributed by atoms with Crippen molar-refractivity contribution in [3.8, 4) is 0 Å². The SMILES string of the molecule is NCC1CCCc2nnn(C3CC3)c21. The van der Waals surface area contributed by atoms with E-state index in [9.17, 15) is 0 Å². The second kappa shape index (κ2) is 3.05. The molecule has 1 atom stereocenters. The molecule has 0 radical (unpaired) electrons. The third-order valence-corrected chi connectivity index (χ3v) is 3.33. The lowest BCUT2D eigenvalue weighted by Crippen LogP contribution is -2.21. The number of hydrogen-bond acceptors (Lipinski definition) is 3. The van der Waals surface area contributed by atoms with Crippen LogP contribution in [0.5, 0.6) is 0 Å². The van der Waals surface area contributed by atoms with Crippen LogP contribution >= 0.6 is 0 Å². The van der Waals surface area contributed by atoms with E-state index in [0.29, 0.717) is 12.0 Å². The van der Waals surface area contributed by atoms with Crippen LogP contribution in [0.2, 0.25) is 0 Å². The third-order valence-electron chi connectivity index (χ3n) is 3.33. The molecule has 76 valence electrons. The molecule has 0 bridgehead atoms. The number of hydrogen-bond donors (Lipinski definition) is 1. The predicted octanol–water partition coefficient (Wildman–Crippen LogP) is 0.992. The van der Waals surface area contributed by atoms with E-state index in [4.69, 9.17) is 5.73 Å². The first-order chi connectivity index (χ1) is 6.90. The zero-order valence-corrected chi connectivity index (χ0v) is 8.32. The van der Waals surface area contributed by atoms with Gasteiger partial charge in [0.05, 0.1) is 17.4 Å². The zero-order chi connectivity index (χ0) is 9.54. The van der Waals surface area contributed by atoms with E-state index in [1.54, 1.807) is 0 Å². The average Bonchev–Trinajstić information content (AvgIpc) is 2.97. The van der Waals surface area contributed by atoms with Gasteiger partial charge in [-0.2, -0.15) is 0 Å². The van der Waals surface area contributed by atoms with Crippen molar-refractivity contribution >= 4 is 0 Å². The Kier molecular flexibility index (Phi) is 1.83. The first-order valence-electron chi connectivity index (χ1n) is 5.54.